The predicted octanol–water partition coefficient (Wildman–Crippen LogP) is 1.88. The van der Waals surface area contributed by atoms with E-state index in [4.69, 9.17) is 9.47 Å². The second kappa shape index (κ2) is 7.50. The summed E-state index contributed by atoms with van der Waals surface area (Å²) in [5, 5.41) is 0. The van der Waals surface area contributed by atoms with Crippen molar-refractivity contribution in [3.8, 4) is 11.5 Å². The van der Waals surface area contributed by atoms with E-state index in [0.717, 1.165) is 30.9 Å². The molecule has 112 valence electrons. The lowest BCUT2D eigenvalue weighted by molar-refractivity contribution is 0.153. The van der Waals surface area contributed by atoms with Gasteiger partial charge in [-0.2, -0.15) is 0 Å². The van der Waals surface area contributed by atoms with Crippen LogP contribution >= 0.6 is 0 Å². The summed E-state index contributed by atoms with van der Waals surface area (Å²) in [4.78, 5) is 4.94. The van der Waals surface area contributed by atoms with Gasteiger partial charge in [0.2, 0.25) is 0 Å². The number of ether oxygens (including phenoxy) is 2. The third kappa shape index (κ3) is 3.87. The highest BCUT2D eigenvalue weighted by Crippen LogP contribution is 2.31. The summed E-state index contributed by atoms with van der Waals surface area (Å²) in [5.41, 5.74) is 1.24. The molecule has 1 aromatic carbocycles. The molecule has 0 unspecified atom stereocenters. The molecule has 0 atom stereocenters. The Labute approximate surface area is 122 Å². The van der Waals surface area contributed by atoms with Gasteiger partial charge in [-0.25, -0.2) is 0 Å². The molecule has 2 rings (SSSR count). The van der Waals surface area contributed by atoms with Crippen LogP contribution in [0.15, 0.2) is 18.2 Å². The number of rotatable bonds is 6. The highest BCUT2D eigenvalue weighted by molar-refractivity contribution is 5.46. The van der Waals surface area contributed by atoms with Crippen LogP contribution in [0.5, 0.6) is 11.5 Å². The zero-order valence-corrected chi connectivity index (χ0v) is 12.9. The standard InChI is InChI=1S/C16H26N2O2/c1-17-10-12-18(13-11-17)9-5-7-14-6-4-8-15(19-2)16(14)20-3/h4,6,8H,5,7,9-13H2,1-3H3. The molecule has 1 heterocycles. The molecule has 0 aromatic heterocycles. The van der Waals surface area contributed by atoms with E-state index in [9.17, 15) is 0 Å². The lowest BCUT2D eigenvalue weighted by atomic mass is 10.1. The van der Waals surface area contributed by atoms with Crippen LogP contribution in [0.4, 0.5) is 0 Å². The average Bonchev–Trinajstić information content (AvgIpc) is 2.49. The van der Waals surface area contributed by atoms with Gasteiger partial charge in [0, 0.05) is 26.2 Å². The van der Waals surface area contributed by atoms with Gasteiger partial charge in [0.15, 0.2) is 11.5 Å². The quantitative estimate of drug-likeness (QED) is 0.793. The lowest BCUT2D eigenvalue weighted by Crippen LogP contribution is -2.44. The molecule has 0 radical (unpaired) electrons. The van der Waals surface area contributed by atoms with Gasteiger partial charge in [0.05, 0.1) is 14.2 Å². The van der Waals surface area contributed by atoms with Crippen molar-refractivity contribution in [1.82, 2.24) is 9.80 Å². The summed E-state index contributed by atoms with van der Waals surface area (Å²) in [6.07, 6.45) is 2.19. The summed E-state index contributed by atoms with van der Waals surface area (Å²) < 4.78 is 10.8. The van der Waals surface area contributed by atoms with E-state index in [1.165, 1.54) is 31.7 Å². The van der Waals surface area contributed by atoms with Crippen molar-refractivity contribution in [3.63, 3.8) is 0 Å². The molecule has 0 amide bonds. The first-order valence-electron chi connectivity index (χ1n) is 7.35. The van der Waals surface area contributed by atoms with Crippen LogP contribution in [0.2, 0.25) is 0 Å². The first-order chi connectivity index (χ1) is 9.74. The van der Waals surface area contributed by atoms with E-state index in [1.807, 2.05) is 12.1 Å². The van der Waals surface area contributed by atoms with Gasteiger partial charge in [-0.1, -0.05) is 12.1 Å². The van der Waals surface area contributed by atoms with Crippen molar-refractivity contribution in [2.75, 3.05) is 54.0 Å². The molecule has 0 bridgehead atoms. The van der Waals surface area contributed by atoms with Crippen molar-refractivity contribution < 1.29 is 9.47 Å². The van der Waals surface area contributed by atoms with Gasteiger partial charge in [0.1, 0.15) is 0 Å². The van der Waals surface area contributed by atoms with Gasteiger partial charge in [-0.3, -0.25) is 0 Å². The third-order valence-corrected chi connectivity index (χ3v) is 4.00. The summed E-state index contributed by atoms with van der Waals surface area (Å²) in [7, 11) is 5.59. The molecule has 1 fully saturated rings. The Bertz CT molecular complexity index is 415. The second-order valence-electron chi connectivity index (χ2n) is 5.40. The fourth-order valence-electron chi connectivity index (χ4n) is 2.72. The topological polar surface area (TPSA) is 24.9 Å². The molecule has 1 aliphatic heterocycles. The number of hydrogen-bond acceptors (Lipinski definition) is 4. The van der Waals surface area contributed by atoms with E-state index in [-0.39, 0.29) is 0 Å². The Balaban J connectivity index is 1.85. The van der Waals surface area contributed by atoms with Crippen LogP contribution in [0, 0.1) is 0 Å². The monoisotopic (exact) mass is 278 g/mol. The van der Waals surface area contributed by atoms with E-state index in [2.05, 4.69) is 22.9 Å². The Hall–Kier alpha value is -1.26. The van der Waals surface area contributed by atoms with Crippen LogP contribution in [-0.2, 0) is 6.42 Å². The number of hydrogen-bond donors (Lipinski definition) is 0. The van der Waals surface area contributed by atoms with Crippen LogP contribution in [0.3, 0.4) is 0 Å². The zero-order valence-electron chi connectivity index (χ0n) is 12.9. The highest BCUT2D eigenvalue weighted by atomic mass is 16.5. The number of piperazine rings is 1. The van der Waals surface area contributed by atoms with Gasteiger partial charge >= 0.3 is 0 Å². The van der Waals surface area contributed by atoms with E-state index in [1.54, 1.807) is 14.2 Å². The van der Waals surface area contributed by atoms with Crippen LogP contribution in [0.1, 0.15) is 12.0 Å². The molecule has 1 aromatic rings. The minimum atomic E-state index is 0.824. The number of aryl methyl sites for hydroxylation is 1. The number of benzene rings is 1. The number of para-hydroxylation sites is 1. The number of likely N-dealkylation sites (N-methyl/N-ethyl adjacent to an activating group) is 1. The molecule has 1 saturated heterocycles. The van der Waals surface area contributed by atoms with Crippen LogP contribution < -0.4 is 9.47 Å². The summed E-state index contributed by atoms with van der Waals surface area (Å²) in [6, 6.07) is 6.11. The first-order valence-corrected chi connectivity index (χ1v) is 7.35. The maximum Gasteiger partial charge on any atom is 0.163 e. The molecule has 0 aliphatic carbocycles. The summed E-state index contributed by atoms with van der Waals surface area (Å²) in [6.45, 7) is 5.90. The zero-order chi connectivity index (χ0) is 14.4. The molecule has 4 heteroatoms. The van der Waals surface area contributed by atoms with Crippen molar-refractivity contribution in [1.29, 1.82) is 0 Å². The molecule has 0 spiro atoms. The lowest BCUT2D eigenvalue weighted by Gasteiger charge is -2.32. The SMILES string of the molecule is COc1cccc(CCCN2CCN(C)CC2)c1OC. The van der Waals surface area contributed by atoms with Gasteiger partial charge < -0.3 is 19.3 Å². The average molecular weight is 278 g/mol. The van der Waals surface area contributed by atoms with Crippen molar-refractivity contribution in [2.45, 2.75) is 12.8 Å². The Kier molecular flexibility index (Phi) is 5.68. The predicted molar refractivity (Wildman–Crippen MR) is 81.8 cm³/mol. The van der Waals surface area contributed by atoms with Gasteiger partial charge in [-0.05, 0) is 38.1 Å². The Morgan fingerprint density at radius 3 is 2.45 bits per heavy atom. The molecule has 0 saturated carbocycles. The molecular formula is C16H26N2O2. The molecular weight excluding hydrogens is 252 g/mol. The van der Waals surface area contributed by atoms with Crippen molar-refractivity contribution in [3.05, 3.63) is 23.8 Å². The Morgan fingerprint density at radius 1 is 1.05 bits per heavy atom. The molecule has 1 aliphatic rings. The first kappa shape index (κ1) is 15.1. The second-order valence-corrected chi connectivity index (χ2v) is 5.40. The summed E-state index contributed by atoms with van der Waals surface area (Å²) >= 11 is 0. The largest absolute Gasteiger partial charge is 0.493 e. The maximum absolute atomic E-state index is 5.48. The molecule has 0 N–H and O–H groups in total. The smallest absolute Gasteiger partial charge is 0.163 e. The third-order valence-electron chi connectivity index (χ3n) is 4.00. The van der Waals surface area contributed by atoms with Crippen LogP contribution in [0.25, 0.3) is 0 Å². The van der Waals surface area contributed by atoms with E-state index >= 15 is 0 Å². The molecule has 4 nitrogen and oxygen atoms in total. The minimum Gasteiger partial charge on any atom is -0.493 e. The number of nitrogens with zero attached hydrogens (tertiary/aromatic N) is 2. The summed E-state index contributed by atoms with van der Waals surface area (Å²) in [5.74, 6) is 1.71. The minimum absolute atomic E-state index is 0.824. The van der Waals surface area contributed by atoms with Gasteiger partial charge in [0.25, 0.3) is 0 Å². The van der Waals surface area contributed by atoms with Gasteiger partial charge in [-0.15, -0.1) is 0 Å². The number of methoxy groups -OCH3 is 2. The fraction of sp³-hybridized carbons (Fsp3) is 0.625. The van der Waals surface area contributed by atoms with Crippen molar-refractivity contribution >= 4 is 0 Å². The van der Waals surface area contributed by atoms with E-state index in [0.29, 0.717) is 0 Å². The van der Waals surface area contributed by atoms with Crippen LogP contribution in [-0.4, -0.2) is 63.8 Å². The van der Waals surface area contributed by atoms with E-state index < -0.39 is 0 Å². The maximum atomic E-state index is 5.48. The normalized spacial score (nSPS) is 17.1. The Morgan fingerprint density at radius 2 is 1.80 bits per heavy atom. The van der Waals surface area contributed by atoms with Crippen molar-refractivity contribution in [2.24, 2.45) is 0 Å². The fourth-order valence-corrected chi connectivity index (χ4v) is 2.72. The highest BCUT2D eigenvalue weighted by Gasteiger charge is 2.14. The molecule has 20 heavy (non-hydrogen) atoms.